The average Bonchev–Trinajstić information content (AvgIpc) is 3.48. The third-order valence-electron chi connectivity index (χ3n) is 6.08. The van der Waals surface area contributed by atoms with Crippen LogP contribution in [0.3, 0.4) is 0 Å². The highest BCUT2D eigenvalue weighted by molar-refractivity contribution is 5.78. The van der Waals surface area contributed by atoms with Crippen LogP contribution >= 0.6 is 0 Å². The molecule has 0 saturated heterocycles. The molecule has 0 aliphatic heterocycles. The summed E-state index contributed by atoms with van der Waals surface area (Å²) in [4.78, 5) is 25.2. The molecule has 0 atom stereocenters. The van der Waals surface area contributed by atoms with E-state index in [0.717, 1.165) is 42.5 Å². The van der Waals surface area contributed by atoms with Gasteiger partial charge in [0, 0.05) is 24.0 Å². The molecule has 1 saturated carbocycles. The van der Waals surface area contributed by atoms with Gasteiger partial charge in [0.15, 0.2) is 5.65 Å². The first kappa shape index (κ1) is 19.5. The van der Waals surface area contributed by atoms with Gasteiger partial charge in [0.1, 0.15) is 12.1 Å². The Labute approximate surface area is 179 Å². The highest BCUT2D eigenvalue weighted by Crippen LogP contribution is 2.24. The number of nitrogens with one attached hydrogen (secondary N) is 1. The van der Waals surface area contributed by atoms with Crippen LogP contribution in [0.5, 0.6) is 0 Å². The highest BCUT2D eigenvalue weighted by Gasteiger charge is 2.19. The summed E-state index contributed by atoms with van der Waals surface area (Å²) in [6.45, 7) is 4.25. The fourth-order valence-corrected chi connectivity index (χ4v) is 4.30. The number of fused-ring (bicyclic) bond motifs is 3. The first-order valence-electron chi connectivity index (χ1n) is 10.9. The van der Waals surface area contributed by atoms with Crippen molar-refractivity contribution < 1.29 is 4.79 Å². The molecule has 1 N–H and O–H groups in total. The molecule has 1 fully saturated rings. The van der Waals surface area contributed by atoms with Gasteiger partial charge in [0.05, 0.1) is 5.69 Å². The summed E-state index contributed by atoms with van der Waals surface area (Å²) in [5.74, 6) is 0.296. The second-order valence-corrected chi connectivity index (χ2v) is 8.62. The van der Waals surface area contributed by atoms with Crippen LogP contribution in [0.4, 0.5) is 0 Å². The number of carbonyl (C=O) groups excluding carboxylic acids is 1. The van der Waals surface area contributed by atoms with Crippen molar-refractivity contribution in [3.63, 3.8) is 0 Å². The smallest absolute Gasteiger partial charge is 0.350 e. The van der Waals surface area contributed by atoms with Crippen molar-refractivity contribution in [2.45, 2.75) is 58.0 Å². The Balaban J connectivity index is 1.47. The van der Waals surface area contributed by atoms with Gasteiger partial charge in [-0.1, -0.05) is 51.0 Å². The number of hydrogen-bond donors (Lipinski definition) is 1. The van der Waals surface area contributed by atoms with E-state index < -0.39 is 0 Å². The third-order valence-corrected chi connectivity index (χ3v) is 6.08. The lowest BCUT2D eigenvalue weighted by molar-refractivity contribution is -0.122. The predicted octanol–water partition coefficient (Wildman–Crippen LogP) is 2.99. The lowest BCUT2D eigenvalue weighted by Crippen LogP contribution is -2.37. The fraction of sp³-hybridized carbons (Fsp3) is 0.391. The molecule has 3 heterocycles. The van der Waals surface area contributed by atoms with Crippen molar-refractivity contribution in [2.24, 2.45) is 0 Å². The van der Waals surface area contributed by atoms with Crippen LogP contribution in [0.2, 0.25) is 0 Å². The third kappa shape index (κ3) is 3.62. The van der Waals surface area contributed by atoms with Crippen LogP contribution in [-0.4, -0.2) is 35.7 Å². The maximum atomic E-state index is 12.8. The normalized spacial score (nSPS) is 14.8. The molecule has 0 spiro atoms. The summed E-state index contributed by atoms with van der Waals surface area (Å²) in [6.07, 6.45) is 7.66. The SMILES string of the molecule is CC(C)c1ccc(-c2cc3c4nn(CC(=O)NC5CCCC5)c(=O)n4ccn3n2)cc1. The summed E-state index contributed by atoms with van der Waals surface area (Å²) in [5.41, 5.74) is 3.96. The Morgan fingerprint density at radius 2 is 1.87 bits per heavy atom. The number of amides is 1. The van der Waals surface area contributed by atoms with E-state index in [1.54, 1.807) is 16.9 Å². The maximum absolute atomic E-state index is 12.8. The molecule has 1 aliphatic carbocycles. The molecule has 0 radical (unpaired) electrons. The van der Waals surface area contributed by atoms with E-state index in [1.165, 1.54) is 14.6 Å². The van der Waals surface area contributed by atoms with E-state index in [4.69, 9.17) is 0 Å². The molecule has 0 unspecified atom stereocenters. The van der Waals surface area contributed by atoms with Crippen LogP contribution < -0.4 is 11.0 Å². The summed E-state index contributed by atoms with van der Waals surface area (Å²) >= 11 is 0. The van der Waals surface area contributed by atoms with Crippen molar-refractivity contribution >= 4 is 17.1 Å². The van der Waals surface area contributed by atoms with E-state index in [0.29, 0.717) is 11.6 Å². The first-order valence-corrected chi connectivity index (χ1v) is 10.9. The maximum Gasteiger partial charge on any atom is 0.350 e. The summed E-state index contributed by atoms with van der Waals surface area (Å²) in [5, 5.41) is 12.1. The minimum absolute atomic E-state index is 0.0825. The molecule has 1 aromatic carbocycles. The van der Waals surface area contributed by atoms with Gasteiger partial charge in [0.25, 0.3) is 0 Å². The zero-order valence-electron chi connectivity index (χ0n) is 17.8. The van der Waals surface area contributed by atoms with E-state index in [-0.39, 0.29) is 24.2 Å². The van der Waals surface area contributed by atoms with Gasteiger partial charge < -0.3 is 5.32 Å². The number of rotatable bonds is 5. The number of nitrogens with zero attached hydrogens (tertiary/aromatic N) is 5. The van der Waals surface area contributed by atoms with Crippen LogP contribution in [0.15, 0.2) is 47.5 Å². The molecule has 1 aliphatic rings. The van der Waals surface area contributed by atoms with Gasteiger partial charge in [0.2, 0.25) is 5.91 Å². The molecule has 8 nitrogen and oxygen atoms in total. The van der Waals surface area contributed by atoms with Crippen molar-refractivity contribution in [1.82, 2.24) is 29.1 Å². The molecule has 5 rings (SSSR count). The van der Waals surface area contributed by atoms with Crippen molar-refractivity contribution in [3.8, 4) is 11.3 Å². The van der Waals surface area contributed by atoms with Crippen LogP contribution in [0.1, 0.15) is 51.0 Å². The van der Waals surface area contributed by atoms with Gasteiger partial charge in [-0.05, 0) is 30.4 Å². The lowest BCUT2D eigenvalue weighted by atomic mass is 10.0. The van der Waals surface area contributed by atoms with Crippen molar-refractivity contribution in [3.05, 3.63) is 58.8 Å². The summed E-state index contributed by atoms with van der Waals surface area (Å²) in [7, 11) is 0. The van der Waals surface area contributed by atoms with E-state index in [9.17, 15) is 9.59 Å². The quantitative estimate of drug-likeness (QED) is 0.540. The predicted molar refractivity (Wildman–Crippen MR) is 118 cm³/mol. The molecule has 31 heavy (non-hydrogen) atoms. The van der Waals surface area contributed by atoms with E-state index in [2.05, 4.69) is 53.6 Å². The lowest BCUT2D eigenvalue weighted by Gasteiger charge is -2.10. The highest BCUT2D eigenvalue weighted by atomic mass is 16.2. The Morgan fingerprint density at radius 3 is 2.58 bits per heavy atom. The van der Waals surface area contributed by atoms with Gasteiger partial charge in [-0.3, -0.25) is 4.79 Å². The number of aromatic nitrogens is 5. The van der Waals surface area contributed by atoms with E-state index in [1.807, 2.05) is 6.07 Å². The van der Waals surface area contributed by atoms with Gasteiger partial charge in [-0.2, -0.15) is 5.10 Å². The molecule has 8 heteroatoms. The topological polar surface area (TPSA) is 85.7 Å². The van der Waals surface area contributed by atoms with Gasteiger partial charge >= 0.3 is 5.69 Å². The van der Waals surface area contributed by atoms with Gasteiger partial charge in [-0.15, -0.1) is 5.10 Å². The second kappa shape index (κ2) is 7.68. The first-order chi connectivity index (χ1) is 15.0. The Kier molecular flexibility index (Phi) is 4.84. The monoisotopic (exact) mass is 418 g/mol. The molecule has 160 valence electrons. The van der Waals surface area contributed by atoms with Crippen LogP contribution in [0.25, 0.3) is 22.4 Å². The van der Waals surface area contributed by atoms with Crippen LogP contribution in [-0.2, 0) is 11.3 Å². The minimum atomic E-state index is -0.330. The minimum Gasteiger partial charge on any atom is -0.352 e. The van der Waals surface area contributed by atoms with Gasteiger partial charge in [-0.25, -0.2) is 18.4 Å². The number of carbonyl (C=O) groups is 1. The Morgan fingerprint density at radius 1 is 1.13 bits per heavy atom. The Bertz CT molecular complexity index is 1310. The average molecular weight is 419 g/mol. The molecule has 0 bridgehead atoms. The largest absolute Gasteiger partial charge is 0.352 e. The van der Waals surface area contributed by atoms with Crippen molar-refractivity contribution in [2.75, 3.05) is 0 Å². The standard InChI is InChI=1S/C23H26N6O2/c1-15(2)16-7-9-17(10-8-16)19-13-20-22-26-29(14-21(30)24-18-5-3-4-6-18)23(31)27(22)11-12-28(20)25-19/h7-13,15,18H,3-6,14H2,1-2H3,(H,24,30). The zero-order valence-corrected chi connectivity index (χ0v) is 17.8. The number of benzene rings is 1. The summed E-state index contributed by atoms with van der Waals surface area (Å²) < 4.78 is 4.41. The molecule has 4 aromatic rings. The second-order valence-electron chi connectivity index (χ2n) is 8.62. The summed E-state index contributed by atoms with van der Waals surface area (Å²) in [6, 6.07) is 10.5. The fourth-order valence-electron chi connectivity index (χ4n) is 4.30. The van der Waals surface area contributed by atoms with Crippen molar-refractivity contribution in [1.29, 1.82) is 0 Å². The number of hydrogen-bond acceptors (Lipinski definition) is 4. The Hall–Kier alpha value is -3.42. The molecule has 3 aromatic heterocycles. The zero-order chi connectivity index (χ0) is 21.5. The molecule has 1 amide bonds. The molecular formula is C23H26N6O2. The molecular weight excluding hydrogens is 392 g/mol. The van der Waals surface area contributed by atoms with Crippen LogP contribution in [0, 0.1) is 0 Å². The van der Waals surface area contributed by atoms with E-state index >= 15 is 0 Å².